The van der Waals surface area contributed by atoms with E-state index in [0.717, 1.165) is 16.5 Å². The van der Waals surface area contributed by atoms with Crippen molar-refractivity contribution in [2.75, 3.05) is 12.4 Å². The molecule has 146 valence electrons. The maximum atomic E-state index is 12.6. The smallest absolute Gasteiger partial charge is 0.291 e. The van der Waals surface area contributed by atoms with Gasteiger partial charge in [0.2, 0.25) is 5.88 Å². The van der Waals surface area contributed by atoms with Crippen molar-refractivity contribution in [3.05, 3.63) is 77.7 Å². The number of carbonyl (C=O) groups is 1. The number of aromatic nitrogens is 1. The third-order valence-electron chi connectivity index (χ3n) is 4.58. The Kier molecular flexibility index (Phi) is 4.91. The lowest BCUT2D eigenvalue weighted by molar-refractivity contribution is 0.0998. The second kappa shape index (κ2) is 7.67. The predicted octanol–water partition coefficient (Wildman–Crippen LogP) is 5.50. The number of pyridine rings is 1. The third kappa shape index (κ3) is 3.78. The van der Waals surface area contributed by atoms with Gasteiger partial charge in [-0.25, -0.2) is 4.98 Å². The van der Waals surface area contributed by atoms with Crippen LogP contribution in [0.5, 0.6) is 17.4 Å². The first-order chi connectivity index (χ1) is 14.0. The summed E-state index contributed by atoms with van der Waals surface area (Å²) in [5.74, 6) is 1.56. The molecule has 29 heavy (non-hydrogen) atoms. The van der Waals surface area contributed by atoms with Crippen LogP contribution in [0.4, 0.5) is 5.69 Å². The molecule has 0 atom stereocenters. The van der Waals surface area contributed by atoms with E-state index in [1.807, 2.05) is 56.3 Å². The average molecular weight is 388 g/mol. The van der Waals surface area contributed by atoms with E-state index in [1.165, 1.54) is 6.20 Å². The highest BCUT2D eigenvalue weighted by atomic mass is 16.5. The Morgan fingerprint density at radius 2 is 1.86 bits per heavy atom. The van der Waals surface area contributed by atoms with Crippen molar-refractivity contribution in [1.29, 1.82) is 0 Å². The van der Waals surface area contributed by atoms with Crippen molar-refractivity contribution in [2.24, 2.45) is 0 Å². The van der Waals surface area contributed by atoms with Gasteiger partial charge in [0.1, 0.15) is 5.58 Å². The van der Waals surface area contributed by atoms with Crippen molar-refractivity contribution in [3.8, 4) is 17.4 Å². The maximum absolute atomic E-state index is 12.6. The van der Waals surface area contributed by atoms with Gasteiger partial charge >= 0.3 is 0 Å². The second-order valence-electron chi connectivity index (χ2n) is 6.65. The number of fused-ring (bicyclic) bond motifs is 1. The van der Waals surface area contributed by atoms with Gasteiger partial charge in [0.15, 0.2) is 17.3 Å². The molecule has 0 bridgehead atoms. The molecule has 2 heterocycles. The van der Waals surface area contributed by atoms with Crippen LogP contribution in [0.1, 0.15) is 21.7 Å². The van der Waals surface area contributed by atoms with Gasteiger partial charge in [-0.2, -0.15) is 0 Å². The van der Waals surface area contributed by atoms with Gasteiger partial charge in [0.25, 0.3) is 5.91 Å². The molecule has 0 aliphatic rings. The summed E-state index contributed by atoms with van der Waals surface area (Å²) in [4.78, 5) is 16.9. The molecular weight excluding hydrogens is 368 g/mol. The van der Waals surface area contributed by atoms with E-state index in [9.17, 15) is 4.79 Å². The first kappa shape index (κ1) is 18.6. The number of hydrogen-bond donors (Lipinski definition) is 1. The first-order valence-corrected chi connectivity index (χ1v) is 9.13. The fraction of sp³-hybridized carbons (Fsp3) is 0.130. The number of furan rings is 1. The zero-order valence-electron chi connectivity index (χ0n) is 16.4. The lowest BCUT2D eigenvalue weighted by Gasteiger charge is -2.10. The van der Waals surface area contributed by atoms with E-state index in [-0.39, 0.29) is 11.7 Å². The fourth-order valence-corrected chi connectivity index (χ4v) is 3.07. The Morgan fingerprint density at radius 1 is 1.03 bits per heavy atom. The number of nitrogens with one attached hydrogen (secondary N) is 1. The molecule has 0 saturated carbocycles. The average Bonchev–Trinajstić information content (AvgIpc) is 3.07. The standard InChI is InChI=1S/C23H20N2O4/c1-14-8-10-19(20(12-14)27-3)28-21-11-9-16(13-24-21)25-23(26)22-15(2)17-6-4-5-7-18(17)29-22/h4-13H,1-3H3,(H,25,26). The lowest BCUT2D eigenvalue weighted by Crippen LogP contribution is -2.12. The van der Waals surface area contributed by atoms with Crippen molar-refractivity contribution in [1.82, 2.24) is 4.98 Å². The minimum absolute atomic E-state index is 0.288. The summed E-state index contributed by atoms with van der Waals surface area (Å²) in [5.41, 5.74) is 3.10. The normalized spacial score (nSPS) is 10.7. The molecule has 4 rings (SSSR count). The van der Waals surface area contributed by atoms with Crippen molar-refractivity contribution in [3.63, 3.8) is 0 Å². The minimum atomic E-state index is -0.325. The molecule has 0 aliphatic carbocycles. The van der Waals surface area contributed by atoms with E-state index < -0.39 is 0 Å². The molecule has 2 aromatic carbocycles. The molecule has 0 aliphatic heterocycles. The van der Waals surface area contributed by atoms with E-state index >= 15 is 0 Å². The van der Waals surface area contributed by atoms with E-state index in [4.69, 9.17) is 13.9 Å². The highest BCUT2D eigenvalue weighted by Gasteiger charge is 2.17. The molecule has 0 spiro atoms. The number of hydrogen-bond acceptors (Lipinski definition) is 5. The molecule has 0 saturated heterocycles. The molecule has 1 N–H and O–H groups in total. The number of benzene rings is 2. The molecular formula is C23H20N2O4. The summed E-state index contributed by atoms with van der Waals surface area (Å²) in [7, 11) is 1.59. The summed E-state index contributed by atoms with van der Waals surface area (Å²) in [6, 6.07) is 16.6. The van der Waals surface area contributed by atoms with Crippen molar-refractivity contribution < 1.29 is 18.7 Å². The Morgan fingerprint density at radius 3 is 2.59 bits per heavy atom. The highest BCUT2D eigenvalue weighted by Crippen LogP contribution is 2.32. The number of para-hydroxylation sites is 1. The number of carbonyl (C=O) groups excluding carboxylic acids is 1. The van der Waals surface area contributed by atoms with Gasteiger partial charge in [-0.3, -0.25) is 4.79 Å². The van der Waals surface area contributed by atoms with Gasteiger partial charge in [0, 0.05) is 17.0 Å². The fourth-order valence-electron chi connectivity index (χ4n) is 3.07. The van der Waals surface area contributed by atoms with Gasteiger partial charge in [-0.1, -0.05) is 24.3 Å². The molecule has 0 unspecified atom stereocenters. The summed E-state index contributed by atoms with van der Waals surface area (Å²) in [6.45, 7) is 3.84. The second-order valence-corrected chi connectivity index (χ2v) is 6.65. The van der Waals surface area contributed by atoms with Gasteiger partial charge in [0.05, 0.1) is 19.0 Å². The maximum Gasteiger partial charge on any atom is 0.291 e. The Hall–Kier alpha value is -3.80. The van der Waals surface area contributed by atoms with E-state index in [0.29, 0.717) is 28.6 Å². The van der Waals surface area contributed by atoms with E-state index in [2.05, 4.69) is 10.3 Å². The SMILES string of the molecule is COc1cc(C)ccc1Oc1ccc(NC(=O)c2oc3ccccc3c2C)cn1. The topological polar surface area (TPSA) is 73.6 Å². The molecule has 6 nitrogen and oxygen atoms in total. The van der Waals surface area contributed by atoms with Crippen LogP contribution in [0.2, 0.25) is 0 Å². The van der Waals surface area contributed by atoms with Crippen LogP contribution in [-0.2, 0) is 0 Å². The number of aryl methyl sites for hydroxylation is 2. The quantitative estimate of drug-likeness (QED) is 0.489. The summed E-state index contributed by atoms with van der Waals surface area (Å²) in [6.07, 6.45) is 1.53. The zero-order valence-corrected chi connectivity index (χ0v) is 16.4. The Balaban J connectivity index is 1.49. The minimum Gasteiger partial charge on any atom is -0.493 e. The highest BCUT2D eigenvalue weighted by molar-refractivity contribution is 6.06. The van der Waals surface area contributed by atoms with Crippen LogP contribution in [0.15, 0.2) is 65.2 Å². The van der Waals surface area contributed by atoms with Gasteiger partial charge < -0.3 is 19.2 Å². The summed E-state index contributed by atoms with van der Waals surface area (Å²) in [5, 5.41) is 3.73. The van der Waals surface area contributed by atoms with Crippen LogP contribution >= 0.6 is 0 Å². The van der Waals surface area contributed by atoms with Crippen LogP contribution in [0, 0.1) is 13.8 Å². The molecule has 1 amide bonds. The molecule has 0 fully saturated rings. The first-order valence-electron chi connectivity index (χ1n) is 9.13. The lowest BCUT2D eigenvalue weighted by atomic mass is 10.1. The summed E-state index contributed by atoms with van der Waals surface area (Å²) < 4.78 is 16.8. The Labute approximate surface area is 168 Å². The number of rotatable bonds is 5. The van der Waals surface area contributed by atoms with E-state index in [1.54, 1.807) is 19.2 Å². The van der Waals surface area contributed by atoms with Crippen LogP contribution in [-0.4, -0.2) is 18.0 Å². The summed E-state index contributed by atoms with van der Waals surface area (Å²) >= 11 is 0. The number of amides is 1. The van der Waals surface area contributed by atoms with Crippen molar-refractivity contribution in [2.45, 2.75) is 13.8 Å². The third-order valence-corrected chi connectivity index (χ3v) is 4.58. The predicted molar refractivity (Wildman–Crippen MR) is 111 cm³/mol. The van der Waals surface area contributed by atoms with Gasteiger partial charge in [-0.15, -0.1) is 0 Å². The monoisotopic (exact) mass is 388 g/mol. The number of anilines is 1. The van der Waals surface area contributed by atoms with Crippen LogP contribution < -0.4 is 14.8 Å². The molecule has 6 heteroatoms. The zero-order chi connectivity index (χ0) is 20.4. The number of methoxy groups -OCH3 is 1. The number of ether oxygens (including phenoxy) is 2. The molecule has 0 radical (unpaired) electrons. The Bertz CT molecular complexity index is 1180. The van der Waals surface area contributed by atoms with Crippen LogP contribution in [0.25, 0.3) is 11.0 Å². The van der Waals surface area contributed by atoms with Crippen molar-refractivity contribution >= 4 is 22.6 Å². The molecule has 2 aromatic heterocycles. The van der Waals surface area contributed by atoms with Gasteiger partial charge in [-0.05, 0) is 43.7 Å². The van der Waals surface area contributed by atoms with Crippen LogP contribution in [0.3, 0.4) is 0 Å². The largest absolute Gasteiger partial charge is 0.493 e. The number of nitrogens with zero attached hydrogens (tertiary/aromatic N) is 1. The molecule has 4 aromatic rings.